The fraction of sp³-hybridized carbons (Fsp3) is 0.500. The predicted molar refractivity (Wildman–Crippen MR) is 140 cm³/mol. The van der Waals surface area contributed by atoms with Gasteiger partial charge in [-0.05, 0) is 66.8 Å². The lowest BCUT2D eigenvalue weighted by atomic mass is 9.86. The normalized spacial score (nSPS) is 14.5. The Kier molecular flexibility index (Phi) is 8.72. The molecule has 0 heterocycles. The minimum atomic E-state index is -0.158. The third-order valence-electron chi connectivity index (χ3n) is 6.64. The second kappa shape index (κ2) is 11.5. The average molecular weight is 465 g/mol. The highest BCUT2D eigenvalue weighted by Gasteiger charge is 2.30. The molecule has 3 N–H and O–H groups in total. The van der Waals surface area contributed by atoms with Crippen LogP contribution in [0, 0.1) is 11.3 Å². The van der Waals surface area contributed by atoms with E-state index in [0.29, 0.717) is 25.2 Å². The highest BCUT2D eigenvalue weighted by atomic mass is 16.2. The van der Waals surface area contributed by atoms with Gasteiger partial charge in [-0.2, -0.15) is 0 Å². The van der Waals surface area contributed by atoms with E-state index >= 15 is 0 Å². The summed E-state index contributed by atoms with van der Waals surface area (Å²) in [7, 11) is 3.94. The van der Waals surface area contributed by atoms with Crippen molar-refractivity contribution < 1.29 is 9.59 Å². The molecule has 2 aromatic rings. The second-order valence-corrected chi connectivity index (χ2v) is 10.5. The van der Waals surface area contributed by atoms with Crippen LogP contribution in [0.4, 0.5) is 11.4 Å². The molecule has 1 aliphatic carbocycles. The van der Waals surface area contributed by atoms with Crippen molar-refractivity contribution in [3.05, 3.63) is 59.7 Å². The van der Waals surface area contributed by atoms with Gasteiger partial charge in [-0.3, -0.25) is 9.59 Å². The van der Waals surface area contributed by atoms with Gasteiger partial charge in [0.25, 0.3) is 5.91 Å². The van der Waals surface area contributed by atoms with Crippen molar-refractivity contribution >= 4 is 23.2 Å². The standard InChI is InChI=1S/C28H40N4O2/c1-28(2,19-29)20-32(27(34)23-10-6-5-7-11-23)18-21-9-8-12-24(17-21)30-26(33)22-13-15-25(16-14-22)31(3)4/h8-9,12-17,23H,5-7,10-11,18-20,29H2,1-4H3,(H,30,33). The summed E-state index contributed by atoms with van der Waals surface area (Å²) in [6.07, 6.45) is 5.42. The summed E-state index contributed by atoms with van der Waals surface area (Å²) in [5.41, 5.74) is 9.21. The van der Waals surface area contributed by atoms with E-state index < -0.39 is 0 Å². The van der Waals surface area contributed by atoms with E-state index in [0.717, 1.165) is 42.6 Å². The summed E-state index contributed by atoms with van der Waals surface area (Å²) < 4.78 is 0. The molecule has 1 saturated carbocycles. The molecule has 0 aliphatic heterocycles. The van der Waals surface area contributed by atoms with E-state index in [4.69, 9.17) is 5.73 Å². The third-order valence-corrected chi connectivity index (χ3v) is 6.64. The molecule has 0 saturated heterocycles. The minimum Gasteiger partial charge on any atom is -0.378 e. The molecular weight excluding hydrogens is 424 g/mol. The molecule has 0 bridgehead atoms. The largest absolute Gasteiger partial charge is 0.378 e. The highest BCUT2D eigenvalue weighted by molar-refractivity contribution is 6.04. The van der Waals surface area contributed by atoms with Gasteiger partial charge in [-0.25, -0.2) is 0 Å². The van der Waals surface area contributed by atoms with Gasteiger partial charge in [0.2, 0.25) is 5.91 Å². The third kappa shape index (κ3) is 7.07. The molecule has 0 aromatic heterocycles. The van der Waals surface area contributed by atoms with E-state index in [2.05, 4.69) is 19.2 Å². The molecule has 184 valence electrons. The molecule has 34 heavy (non-hydrogen) atoms. The Morgan fingerprint density at radius 3 is 2.32 bits per heavy atom. The van der Waals surface area contributed by atoms with Crippen LogP contribution in [0.25, 0.3) is 0 Å². The number of amides is 2. The molecule has 0 atom stereocenters. The summed E-state index contributed by atoms with van der Waals surface area (Å²) in [6, 6.07) is 15.3. The Bertz CT molecular complexity index is 963. The number of hydrogen-bond donors (Lipinski definition) is 2. The number of benzene rings is 2. The van der Waals surface area contributed by atoms with E-state index in [1.807, 2.05) is 72.4 Å². The molecule has 1 fully saturated rings. The van der Waals surface area contributed by atoms with Crippen LogP contribution in [0.15, 0.2) is 48.5 Å². The average Bonchev–Trinajstić information content (AvgIpc) is 2.84. The number of nitrogens with zero attached hydrogens (tertiary/aromatic N) is 2. The topological polar surface area (TPSA) is 78.7 Å². The molecule has 3 rings (SSSR count). The molecule has 0 radical (unpaired) electrons. The van der Waals surface area contributed by atoms with Gasteiger partial charge in [0.15, 0.2) is 0 Å². The van der Waals surface area contributed by atoms with Crippen molar-refractivity contribution in [2.24, 2.45) is 17.1 Å². The van der Waals surface area contributed by atoms with Crippen molar-refractivity contribution in [3.63, 3.8) is 0 Å². The summed E-state index contributed by atoms with van der Waals surface area (Å²) in [5, 5.41) is 3.00. The highest BCUT2D eigenvalue weighted by Crippen LogP contribution is 2.28. The van der Waals surface area contributed by atoms with Gasteiger partial charge >= 0.3 is 0 Å². The lowest BCUT2D eigenvalue weighted by molar-refractivity contribution is -0.138. The van der Waals surface area contributed by atoms with Crippen LogP contribution in [0.5, 0.6) is 0 Å². The number of rotatable bonds is 9. The van der Waals surface area contributed by atoms with Crippen LogP contribution in [-0.2, 0) is 11.3 Å². The van der Waals surface area contributed by atoms with E-state index in [9.17, 15) is 9.59 Å². The van der Waals surface area contributed by atoms with Crippen molar-refractivity contribution in [2.45, 2.75) is 52.5 Å². The quantitative estimate of drug-likeness (QED) is 0.553. The lowest BCUT2D eigenvalue weighted by Gasteiger charge is -2.35. The Morgan fingerprint density at radius 2 is 1.71 bits per heavy atom. The first-order valence-electron chi connectivity index (χ1n) is 12.3. The second-order valence-electron chi connectivity index (χ2n) is 10.5. The van der Waals surface area contributed by atoms with E-state index in [1.54, 1.807) is 0 Å². The first-order chi connectivity index (χ1) is 16.2. The SMILES string of the molecule is CN(C)c1ccc(C(=O)Nc2cccc(CN(CC(C)(C)CN)C(=O)C3CCCCC3)c2)cc1. The number of nitrogens with two attached hydrogens (primary N) is 1. The molecule has 2 amide bonds. The van der Waals surface area contributed by atoms with Crippen molar-refractivity contribution in [1.82, 2.24) is 4.90 Å². The first kappa shape index (κ1) is 25.8. The number of carbonyl (C=O) groups is 2. The first-order valence-corrected chi connectivity index (χ1v) is 12.3. The van der Waals surface area contributed by atoms with Crippen LogP contribution in [0.3, 0.4) is 0 Å². The van der Waals surface area contributed by atoms with E-state index in [-0.39, 0.29) is 23.1 Å². The van der Waals surface area contributed by atoms with Gasteiger partial charge < -0.3 is 20.9 Å². The Labute approximate surface area is 204 Å². The predicted octanol–water partition coefficient (Wildman–Crippen LogP) is 4.90. The van der Waals surface area contributed by atoms with Gasteiger partial charge in [-0.15, -0.1) is 0 Å². The zero-order valence-corrected chi connectivity index (χ0v) is 21.1. The Morgan fingerprint density at radius 1 is 1.03 bits per heavy atom. The van der Waals surface area contributed by atoms with Crippen molar-refractivity contribution in [2.75, 3.05) is 37.4 Å². The van der Waals surface area contributed by atoms with Gasteiger partial charge in [0.05, 0.1) is 0 Å². The maximum absolute atomic E-state index is 13.4. The molecule has 0 unspecified atom stereocenters. The summed E-state index contributed by atoms with van der Waals surface area (Å²) >= 11 is 0. The Hall–Kier alpha value is -2.86. The molecule has 0 spiro atoms. The van der Waals surface area contributed by atoms with E-state index in [1.165, 1.54) is 6.42 Å². The minimum absolute atomic E-state index is 0.107. The zero-order chi connectivity index (χ0) is 24.7. The Balaban J connectivity index is 1.73. The maximum atomic E-state index is 13.4. The fourth-order valence-corrected chi connectivity index (χ4v) is 4.48. The molecule has 6 heteroatoms. The smallest absolute Gasteiger partial charge is 0.255 e. The monoisotopic (exact) mass is 464 g/mol. The van der Waals surface area contributed by atoms with Crippen LogP contribution < -0.4 is 16.0 Å². The van der Waals surface area contributed by atoms with Crippen LogP contribution >= 0.6 is 0 Å². The van der Waals surface area contributed by atoms with Crippen molar-refractivity contribution in [3.8, 4) is 0 Å². The lowest BCUT2D eigenvalue weighted by Crippen LogP contribution is -2.44. The summed E-state index contributed by atoms with van der Waals surface area (Å²) in [4.78, 5) is 30.2. The molecular formula is C28H40N4O2. The zero-order valence-electron chi connectivity index (χ0n) is 21.1. The van der Waals surface area contributed by atoms with Crippen LogP contribution in [0.2, 0.25) is 0 Å². The van der Waals surface area contributed by atoms with Crippen molar-refractivity contribution in [1.29, 1.82) is 0 Å². The summed E-state index contributed by atoms with van der Waals surface area (Å²) in [5.74, 6) is 0.189. The van der Waals surface area contributed by atoms with Gasteiger partial charge in [0.1, 0.15) is 0 Å². The molecule has 2 aromatic carbocycles. The maximum Gasteiger partial charge on any atom is 0.255 e. The number of hydrogen-bond acceptors (Lipinski definition) is 4. The molecule has 1 aliphatic rings. The van der Waals surface area contributed by atoms with Crippen LogP contribution in [0.1, 0.15) is 61.9 Å². The van der Waals surface area contributed by atoms with Gasteiger partial charge in [-0.1, -0.05) is 45.2 Å². The van der Waals surface area contributed by atoms with Crippen LogP contribution in [-0.4, -0.2) is 43.9 Å². The molecule has 6 nitrogen and oxygen atoms in total. The number of carbonyl (C=O) groups excluding carboxylic acids is 2. The fourth-order valence-electron chi connectivity index (χ4n) is 4.48. The number of nitrogens with one attached hydrogen (secondary N) is 1. The summed E-state index contributed by atoms with van der Waals surface area (Å²) in [6.45, 7) is 5.86. The van der Waals surface area contributed by atoms with Gasteiger partial charge in [0, 0.05) is 50.0 Å². The number of anilines is 2.